The van der Waals surface area contributed by atoms with Crippen molar-refractivity contribution >= 4 is 27.3 Å². The van der Waals surface area contributed by atoms with E-state index in [4.69, 9.17) is 16.3 Å². The lowest BCUT2D eigenvalue weighted by Gasteiger charge is -2.29. The Morgan fingerprint density at radius 3 is 2.54 bits per heavy atom. The number of ether oxygens (including phenoxy) is 1. The number of halogens is 1. The summed E-state index contributed by atoms with van der Waals surface area (Å²) in [5, 5.41) is 0.550. The normalized spacial score (nSPS) is 17.8. The van der Waals surface area contributed by atoms with E-state index in [0.717, 1.165) is 5.56 Å². The van der Waals surface area contributed by atoms with Crippen LogP contribution in [0, 0.1) is 0 Å². The predicted molar refractivity (Wildman–Crippen MR) is 111 cm³/mol. The zero-order chi connectivity index (χ0) is 20.1. The lowest BCUT2D eigenvalue weighted by atomic mass is 10.1. The Labute approximate surface area is 170 Å². The molecular weight excluding hydrogens is 398 g/mol. The standard InChI is InChI=1S/C21H22ClNO4S/c1-2-12-27-19-9-7-16(8-10-19)21(24)23(18-11-13-28(25,26)15-18)14-17-5-3-4-6-20(17)22/h2-10,18H,1,11-15H2. The van der Waals surface area contributed by atoms with E-state index in [2.05, 4.69) is 6.58 Å². The van der Waals surface area contributed by atoms with Gasteiger partial charge in [-0.05, 0) is 42.3 Å². The summed E-state index contributed by atoms with van der Waals surface area (Å²) in [5.41, 5.74) is 1.26. The molecule has 0 saturated carbocycles. The van der Waals surface area contributed by atoms with E-state index in [-0.39, 0.29) is 30.0 Å². The number of benzene rings is 2. The maximum atomic E-state index is 13.2. The van der Waals surface area contributed by atoms with Gasteiger partial charge in [0, 0.05) is 23.2 Å². The van der Waals surface area contributed by atoms with Crippen LogP contribution in [-0.4, -0.2) is 43.4 Å². The molecule has 1 aliphatic rings. The molecule has 1 fully saturated rings. The second kappa shape index (κ2) is 8.80. The minimum absolute atomic E-state index is 0.0241. The zero-order valence-electron chi connectivity index (χ0n) is 15.4. The van der Waals surface area contributed by atoms with Gasteiger partial charge in [-0.15, -0.1) is 0 Å². The summed E-state index contributed by atoms with van der Waals surface area (Å²) in [4.78, 5) is 14.8. The van der Waals surface area contributed by atoms with E-state index in [1.165, 1.54) is 0 Å². The Morgan fingerprint density at radius 2 is 1.93 bits per heavy atom. The topological polar surface area (TPSA) is 63.7 Å². The number of rotatable bonds is 7. The third-order valence-corrected chi connectivity index (χ3v) is 6.80. The van der Waals surface area contributed by atoms with E-state index < -0.39 is 9.84 Å². The van der Waals surface area contributed by atoms with Crippen LogP contribution < -0.4 is 4.74 Å². The number of nitrogens with zero attached hydrogens (tertiary/aromatic N) is 1. The number of amides is 1. The summed E-state index contributed by atoms with van der Waals surface area (Å²) < 4.78 is 29.4. The fourth-order valence-electron chi connectivity index (χ4n) is 3.21. The molecule has 5 nitrogen and oxygen atoms in total. The van der Waals surface area contributed by atoms with E-state index in [1.807, 2.05) is 18.2 Å². The van der Waals surface area contributed by atoms with Crippen LogP contribution in [0.15, 0.2) is 61.2 Å². The highest BCUT2D eigenvalue weighted by Crippen LogP contribution is 2.25. The van der Waals surface area contributed by atoms with Gasteiger partial charge < -0.3 is 9.64 Å². The van der Waals surface area contributed by atoms with E-state index in [0.29, 0.717) is 29.4 Å². The number of carbonyl (C=O) groups is 1. The van der Waals surface area contributed by atoms with Crippen molar-refractivity contribution < 1.29 is 17.9 Å². The van der Waals surface area contributed by atoms with Crippen LogP contribution in [0.1, 0.15) is 22.3 Å². The highest BCUT2D eigenvalue weighted by Gasteiger charge is 2.35. The predicted octanol–water partition coefficient (Wildman–Crippen LogP) is 3.73. The van der Waals surface area contributed by atoms with E-state index in [9.17, 15) is 13.2 Å². The van der Waals surface area contributed by atoms with Crippen molar-refractivity contribution in [1.82, 2.24) is 4.90 Å². The van der Waals surface area contributed by atoms with Gasteiger partial charge in [0.2, 0.25) is 0 Å². The SMILES string of the molecule is C=CCOc1ccc(C(=O)N(Cc2ccccc2Cl)C2CCS(=O)(=O)C2)cc1. The molecule has 2 aromatic carbocycles. The quantitative estimate of drug-likeness (QED) is 0.641. The molecule has 0 aliphatic carbocycles. The first-order chi connectivity index (χ1) is 13.4. The lowest BCUT2D eigenvalue weighted by molar-refractivity contribution is 0.0681. The average Bonchev–Trinajstić information content (AvgIpc) is 3.05. The summed E-state index contributed by atoms with van der Waals surface area (Å²) >= 11 is 6.27. The average molecular weight is 420 g/mol. The second-order valence-corrected chi connectivity index (χ2v) is 9.34. The molecule has 7 heteroatoms. The van der Waals surface area contributed by atoms with E-state index in [1.54, 1.807) is 41.3 Å². The Morgan fingerprint density at radius 1 is 1.21 bits per heavy atom. The van der Waals surface area contributed by atoms with Crippen LogP contribution in [0.4, 0.5) is 0 Å². The smallest absolute Gasteiger partial charge is 0.254 e. The van der Waals surface area contributed by atoms with Gasteiger partial charge in [0.05, 0.1) is 11.5 Å². The first kappa shape index (κ1) is 20.4. The molecule has 0 spiro atoms. The van der Waals surface area contributed by atoms with Gasteiger partial charge in [0.15, 0.2) is 9.84 Å². The van der Waals surface area contributed by atoms with Crippen LogP contribution in [0.2, 0.25) is 5.02 Å². The molecule has 1 unspecified atom stereocenters. The van der Waals surface area contributed by atoms with Gasteiger partial charge in [-0.1, -0.05) is 42.5 Å². The minimum Gasteiger partial charge on any atom is -0.490 e. The fourth-order valence-corrected chi connectivity index (χ4v) is 5.14. The van der Waals surface area contributed by atoms with Crippen molar-refractivity contribution in [2.24, 2.45) is 0 Å². The van der Waals surface area contributed by atoms with Gasteiger partial charge in [-0.2, -0.15) is 0 Å². The molecule has 28 heavy (non-hydrogen) atoms. The van der Waals surface area contributed by atoms with Crippen molar-refractivity contribution in [2.45, 2.75) is 19.0 Å². The monoisotopic (exact) mass is 419 g/mol. The zero-order valence-corrected chi connectivity index (χ0v) is 17.0. The number of sulfone groups is 1. The molecule has 0 aromatic heterocycles. The molecule has 0 N–H and O–H groups in total. The Kier molecular flexibility index (Phi) is 6.42. The molecule has 1 atom stereocenters. The van der Waals surface area contributed by atoms with Crippen LogP contribution in [-0.2, 0) is 16.4 Å². The van der Waals surface area contributed by atoms with Gasteiger partial charge in [-0.25, -0.2) is 8.42 Å². The number of hydrogen-bond donors (Lipinski definition) is 0. The van der Waals surface area contributed by atoms with Crippen molar-refractivity contribution in [3.63, 3.8) is 0 Å². The minimum atomic E-state index is -3.13. The van der Waals surface area contributed by atoms with Crippen LogP contribution in [0.5, 0.6) is 5.75 Å². The number of hydrogen-bond acceptors (Lipinski definition) is 4. The molecule has 1 saturated heterocycles. The third-order valence-electron chi connectivity index (χ3n) is 4.68. The third kappa shape index (κ3) is 4.94. The summed E-state index contributed by atoms with van der Waals surface area (Å²) in [6, 6.07) is 13.7. The highest BCUT2D eigenvalue weighted by atomic mass is 35.5. The summed E-state index contributed by atoms with van der Waals surface area (Å²) in [5.74, 6) is 0.483. The highest BCUT2D eigenvalue weighted by molar-refractivity contribution is 7.91. The Bertz CT molecular complexity index is 957. The van der Waals surface area contributed by atoms with Crippen LogP contribution in [0.25, 0.3) is 0 Å². The molecule has 0 bridgehead atoms. The Balaban J connectivity index is 1.86. The molecule has 148 valence electrons. The maximum absolute atomic E-state index is 13.2. The van der Waals surface area contributed by atoms with Crippen molar-refractivity contribution in [2.75, 3.05) is 18.1 Å². The molecule has 3 rings (SSSR count). The summed E-state index contributed by atoms with van der Waals surface area (Å²) in [6.07, 6.45) is 2.07. The summed E-state index contributed by atoms with van der Waals surface area (Å²) in [6.45, 7) is 4.24. The molecule has 1 aliphatic heterocycles. The van der Waals surface area contributed by atoms with Crippen molar-refractivity contribution in [1.29, 1.82) is 0 Å². The first-order valence-corrected chi connectivity index (χ1v) is 11.2. The van der Waals surface area contributed by atoms with Crippen LogP contribution in [0.3, 0.4) is 0 Å². The first-order valence-electron chi connectivity index (χ1n) is 8.98. The molecule has 1 amide bonds. The maximum Gasteiger partial charge on any atom is 0.254 e. The summed E-state index contributed by atoms with van der Waals surface area (Å²) in [7, 11) is -3.13. The van der Waals surface area contributed by atoms with Gasteiger partial charge in [0.1, 0.15) is 12.4 Å². The lowest BCUT2D eigenvalue weighted by Crippen LogP contribution is -2.40. The van der Waals surface area contributed by atoms with Gasteiger partial charge in [-0.3, -0.25) is 4.79 Å². The van der Waals surface area contributed by atoms with E-state index >= 15 is 0 Å². The van der Waals surface area contributed by atoms with Crippen molar-refractivity contribution in [3.8, 4) is 5.75 Å². The molecule has 1 heterocycles. The molecular formula is C21H22ClNO4S. The largest absolute Gasteiger partial charge is 0.490 e. The molecule has 0 radical (unpaired) electrons. The number of carbonyl (C=O) groups excluding carboxylic acids is 1. The Hall–Kier alpha value is -2.31. The molecule has 2 aromatic rings. The van der Waals surface area contributed by atoms with Crippen LogP contribution >= 0.6 is 11.6 Å². The van der Waals surface area contributed by atoms with Gasteiger partial charge in [0.25, 0.3) is 5.91 Å². The van der Waals surface area contributed by atoms with Crippen molar-refractivity contribution in [3.05, 3.63) is 77.3 Å². The fraction of sp³-hybridized carbons (Fsp3) is 0.286. The second-order valence-electron chi connectivity index (χ2n) is 6.71. The van der Waals surface area contributed by atoms with Gasteiger partial charge >= 0.3 is 0 Å².